The van der Waals surface area contributed by atoms with E-state index < -0.39 is 0 Å². The summed E-state index contributed by atoms with van der Waals surface area (Å²) < 4.78 is 1.11. The molecule has 0 atom stereocenters. The molecule has 0 aromatic carbocycles. The highest BCUT2D eigenvalue weighted by atomic mass is 35.5. The number of carbonyl (C=O) groups is 1. The third-order valence-electron chi connectivity index (χ3n) is 3.30. The summed E-state index contributed by atoms with van der Waals surface area (Å²) in [5, 5.41) is 20.1. The maximum absolute atomic E-state index is 11.9. The number of aromatic nitrogens is 4. The molecule has 0 spiro atoms. The molecule has 1 aliphatic heterocycles. The summed E-state index contributed by atoms with van der Waals surface area (Å²) in [6.07, 6.45) is 3.54. The molecule has 3 rings (SSSR count). The highest BCUT2D eigenvalue weighted by Crippen LogP contribution is 2.27. The number of nitrogens with one attached hydrogen (secondary N) is 2. The summed E-state index contributed by atoms with van der Waals surface area (Å²) in [6, 6.07) is 2.94. The van der Waals surface area contributed by atoms with Crippen LogP contribution < -0.4 is 16.2 Å². The van der Waals surface area contributed by atoms with Gasteiger partial charge >= 0.3 is 0 Å². The fourth-order valence-electron chi connectivity index (χ4n) is 2.18. The number of halogens is 1. The standard InChI is InChI=1S/C15H15ClN6O2S/c1-2-18-12(23)8-22-13(24)4-3-11(21-22)15-20-19-14(25-15)9-5-10(16)7-17-6-9/h3-5,7,17H,2,6,8H2,1H3,(H,18,23). The van der Waals surface area contributed by atoms with Gasteiger partial charge in [-0.25, -0.2) is 4.68 Å². The minimum atomic E-state index is -0.351. The minimum absolute atomic E-state index is 0.137. The van der Waals surface area contributed by atoms with Gasteiger partial charge in [0, 0.05) is 30.9 Å². The van der Waals surface area contributed by atoms with Crippen LogP contribution in [0.1, 0.15) is 11.9 Å². The van der Waals surface area contributed by atoms with E-state index in [0.717, 1.165) is 15.3 Å². The van der Waals surface area contributed by atoms with E-state index in [0.29, 0.717) is 28.8 Å². The van der Waals surface area contributed by atoms with Gasteiger partial charge in [0.25, 0.3) is 5.56 Å². The Morgan fingerprint density at radius 1 is 1.40 bits per heavy atom. The van der Waals surface area contributed by atoms with Crippen molar-refractivity contribution >= 4 is 34.4 Å². The van der Waals surface area contributed by atoms with Crippen molar-refractivity contribution in [2.45, 2.75) is 13.5 Å². The van der Waals surface area contributed by atoms with Crippen LogP contribution in [0, 0.1) is 0 Å². The molecule has 8 nitrogen and oxygen atoms in total. The monoisotopic (exact) mass is 378 g/mol. The van der Waals surface area contributed by atoms with Crippen molar-refractivity contribution in [3.8, 4) is 10.7 Å². The van der Waals surface area contributed by atoms with Crippen LogP contribution in [0.25, 0.3) is 16.3 Å². The number of hydrogen-bond donors (Lipinski definition) is 2. The molecular weight excluding hydrogens is 364 g/mol. The lowest BCUT2D eigenvalue weighted by Crippen LogP contribution is -2.33. The molecule has 1 aliphatic rings. The number of allylic oxidation sites excluding steroid dienone is 2. The zero-order chi connectivity index (χ0) is 17.8. The molecule has 25 heavy (non-hydrogen) atoms. The fraction of sp³-hybridized carbons (Fsp3) is 0.267. The van der Waals surface area contributed by atoms with E-state index in [-0.39, 0.29) is 18.0 Å². The summed E-state index contributed by atoms with van der Waals surface area (Å²) in [4.78, 5) is 23.6. The molecule has 0 saturated carbocycles. The lowest BCUT2D eigenvalue weighted by molar-refractivity contribution is -0.121. The molecule has 0 unspecified atom stereocenters. The van der Waals surface area contributed by atoms with E-state index >= 15 is 0 Å². The number of rotatable bonds is 5. The molecule has 130 valence electrons. The van der Waals surface area contributed by atoms with Gasteiger partial charge < -0.3 is 10.6 Å². The van der Waals surface area contributed by atoms with Crippen LogP contribution in [0.15, 0.2) is 34.2 Å². The molecule has 0 bridgehead atoms. The van der Waals surface area contributed by atoms with Gasteiger partial charge in [-0.05, 0) is 19.1 Å². The first kappa shape index (κ1) is 17.3. The van der Waals surface area contributed by atoms with Crippen molar-refractivity contribution < 1.29 is 4.79 Å². The summed E-state index contributed by atoms with van der Waals surface area (Å²) in [5.74, 6) is -0.271. The fourth-order valence-corrected chi connectivity index (χ4v) is 3.21. The Kier molecular flexibility index (Phi) is 5.25. The van der Waals surface area contributed by atoms with Crippen LogP contribution in [-0.4, -0.2) is 39.0 Å². The largest absolute Gasteiger partial charge is 0.386 e. The van der Waals surface area contributed by atoms with Crippen LogP contribution in [0.5, 0.6) is 0 Å². The van der Waals surface area contributed by atoms with E-state index in [1.54, 1.807) is 12.3 Å². The van der Waals surface area contributed by atoms with Crippen LogP contribution >= 0.6 is 22.9 Å². The Balaban J connectivity index is 1.86. The molecule has 0 fully saturated rings. The summed E-state index contributed by atoms with van der Waals surface area (Å²) in [6.45, 7) is 2.77. The van der Waals surface area contributed by atoms with Gasteiger partial charge in [0.1, 0.15) is 17.2 Å². The van der Waals surface area contributed by atoms with Gasteiger partial charge in [0.15, 0.2) is 5.01 Å². The number of amides is 1. The first-order chi connectivity index (χ1) is 12.1. The molecular formula is C15H15ClN6O2S. The Labute approximate surface area is 152 Å². The predicted octanol–water partition coefficient (Wildman–Crippen LogP) is 0.965. The number of hydrogen-bond acceptors (Lipinski definition) is 7. The molecule has 0 radical (unpaired) electrons. The van der Waals surface area contributed by atoms with Gasteiger partial charge in [-0.3, -0.25) is 9.59 Å². The van der Waals surface area contributed by atoms with Crippen molar-refractivity contribution in [1.29, 1.82) is 0 Å². The topological polar surface area (TPSA) is 102 Å². The Hall–Kier alpha value is -2.52. The van der Waals surface area contributed by atoms with Gasteiger partial charge in [-0.15, -0.1) is 10.2 Å². The molecule has 1 amide bonds. The second-order valence-electron chi connectivity index (χ2n) is 5.16. The summed E-state index contributed by atoms with van der Waals surface area (Å²) in [7, 11) is 0. The smallest absolute Gasteiger partial charge is 0.267 e. The van der Waals surface area contributed by atoms with Crippen molar-refractivity contribution in [3.05, 3.63) is 44.8 Å². The van der Waals surface area contributed by atoms with Crippen LogP contribution in [-0.2, 0) is 11.3 Å². The normalized spacial score (nSPS) is 13.7. The molecule has 2 aromatic heterocycles. The highest BCUT2D eigenvalue weighted by Gasteiger charge is 2.15. The zero-order valence-electron chi connectivity index (χ0n) is 13.3. The van der Waals surface area contributed by atoms with Crippen LogP contribution in [0.4, 0.5) is 0 Å². The summed E-state index contributed by atoms with van der Waals surface area (Å²) in [5.41, 5.74) is 1.06. The van der Waals surface area contributed by atoms with Gasteiger partial charge in [0.2, 0.25) is 5.91 Å². The Bertz CT molecular complexity index is 917. The predicted molar refractivity (Wildman–Crippen MR) is 96.0 cm³/mol. The van der Waals surface area contributed by atoms with Crippen LogP contribution in [0.3, 0.4) is 0 Å². The second kappa shape index (κ2) is 7.58. The molecule has 2 N–H and O–H groups in total. The van der Waals surface area contributed by atoms with Crippen LogP contribution in [0.2, 0.25) is 0 Å². The molecule has 0 aliphatic carbocycles. The third-order valence-corrected chi connectivity index (χ3v) is 4.54. The van der Waals surface area contributed by atoms with E-state index in [9.17, 15) is 9.59 Å². The average Bonchev–Trinajstić information content (AvgIpc) is 3.07. The first-order valence-corrected chi connectivity index (χ1v) is 8.75. The zero-order valence-corrected chi connectivity index (χ0v) is 14.9. The van der Waals surface area contributed by atoms with Crippen molar-refractivity contribution in [2.75, 3.05) is 13.1 Å². The van der Waals surface area contributed by atoms with Crippen molar-refractivity contribution in [1.82, 2.24) is 30.6 Å². The van der Waals surface area contributed by atoms with E-state index in [1.165, 1.54) is 17.4 Å². The Morgan fingerprint density at radius 3 is 2.96 bits per heavy atom. The highest BCUT2D eigenvalue weighted by molar-refractivity contribution is 7.15. The first-order valence-electron chi connectivity index (χ1n) is 7.55. The molecule has 0 saturated heterocycles. The van der Waals surface area contributed by atoms with Crippen molar-refractivity contribution in [2.24, 2.45) is 0 Å². The minimum Gasteiger partial charge on any atom is -0.386 e. The lowest BCUT2D eigenvalue weighted by Gasteiger charge is -2.09. The van der Waals surface area contributed by atoms with E-state index in [1.807, 2.05) is 13.0 Å². The van der Waals surface area contributed by atoms with E-state index in [4.69, 9.17) is 11.6 Å². The maximum atomic E-state index is 11.9. The van der Waals surface area contributed by atoms with E-state index in [2.05, 4.69) is 25.9 Å². The van der Waals surface area contributed by atoms with Crippen molar-refractivity contribution in [3.63, 3.8) is 0 Å². The maximum Gasteiger partial charge on any atom is 0.267 e. The lowest BCUT2D eigenvalue weighted by atomic mass is 10.2. The summed E-state index contributed by atoms with van der Waals surface area (Å²) >= 11 is 7.33. The van der Waals surface area contributed by atoms with Gasteiger partial charge in [-0.1, -0.05) is 22.9 Å². The number of nitrogens with zero attached hydrogens (tertiary/aromatic N) is 4. The SMILES string of the molecule is CCNC(=O)Cn1nc(-c2nnc(C3=CC(Cl)=CNC3)s2)ccc1=O. The van der Waals surface area contributed by atoms with Gasteiger partial charge in [-0.2, -0.15) is 5.10 Å². The average molecular weight is 379 g/mol. The number of dihydropyridines is 1. The second-order valence-corrected chi connectivity index (χ2v) is 6.57. The quantitative estimate of drug-likeness (QED) is 0.803. The molecule has 3 heterocycles. The number of likely N-dealkylation sites (N-methyl/N-ethyl adjacent to an activating group) is 1. The third kappa shape index (κ3) is 4.12. The Morgan fingerprint density at radius 2 is 2.20 bits per heavy atom. The molecule has 2 aromatic rings. The van der Waals surface area contributed by atoms with Gasteiger partial charge in [0.05, 0.1) is 5.03 Å². The molecule has 10 heteroatoms. The number of carbonyl (C=O) groups excluding carboxylic acids is 1.